The van der Waals surface area contributed by atoms with Crippen molar-refractivity contribution in [3.63, 3.8) is 0 Å². The van der Waals surface area contributed by atoms with Crippen LogP contribution in [-0.2, 0) is 0 Å². The Bertz CT molecular complexity index is 376. The molecule has 0 aliphatic heterocycles. The number of carbonyl (C=O) groups is 1. The van der Waals surface area contributed by atoms with Crippen molar-refractivity contribution in [2.75, 3.05) is 14.1 Å². The van der Waals surface area contributed by atoms with Crippen LogP contribution < -0.4 is 0 Å². The van der Waals surface area contributed by atoms with Gasteiger partial charge in [-0.1, -0.05) is 17.2 Å². The Morgan fingerprint density at radius 1 is 1.36 bits per heavy atom. The predicted molar refractivity (Wildman–Crippen MR) is 53.3 cm³/mol. The third kappa shape index (κ3) is 2.24. The SMILES string of the molecule is CN(C)C(=O)c1ccc(N=[N+]=[N-])cc1. The monoisotopic (exact) mass is 190 g/mol. The number of rotatable bonds is 2. The smallest absolute Gasteiger partial charge is 0.253 e. The van der Waals surface area contributed by atoms with E-state index in [9.17, 15) is 4.79 Å². The van der Waals surface area contributed by atoms with Crippen LogP contribution in [0.3, 0.4) is 0 Å². The van der Waals surface area contributed by atoms with Crippen LogP contribution in [0.4, 0.5) is 5.69 Å². The van der Waals surface area contributed by atoms with Crippen LogP contribution in [0.1, 0.15) is 10.4 Å². The minimum atomic E-state index is -0.0718. The van der Waals surface area contributed by atoms with E-state index < -0.39 is 0 Å². The summed E-state index contributed by atoms with van der Waals surface area (Å²) in [6, 6.07) is 6.48. The standard InChI is InChI=1S/C9H10N4O/c1-13(2)9(14)7-3-5-8(6-4-7)11-12-10/h3-6H,1-2H3. The molecule has 5 nitrogen and oxygen atoms in total. The number of azide groups is 1. The zero-order valence-corrected chi connectivity index (χ0v) is 8.01. The van der Waals surface area contributed by atoms with E-state index in [1.54, 1.807) is 38.4 Å². The number of amides is 1. The van der Waals surface area contributed by atoms with Crippen molar-refractivity contribution in [3.8, 4) is 0 Å². The molecule has 0 bridgehead atoms. The van der Waals surface area contributed by atoms with Crippen LogP contribution in [0, 0.1) is 0 Å². The van der Waals surface area contributed by atoms with Gasteiger partial charge >= 0.3 is 0 Å². The first-order valence-electron chi connectivity index (χ1n) is 4.02. The fourth-order valence-electron chi connectivity index (χ4n) is 0.981. The normalized spacial score (nSPS) is 9.00. The summed E-state index contributed by atoms with van der Waals surface area (Å²) in [6.07, 6.45) is 0. The van der Waals surface area contributed by atoms with Gasteiger partial charge in [-0.2, -0.15) is 0 Å². The van der Waals surface area contributed by atoms with Crippen molar-refractivity contribution >= 4 is 11.6 Å². The molecule has 1 aromatic rings. The van der Waals surface area contributed by atoms with Crippen LogP contribution >= 0.6 is 0 Å². The molecule has 1 rings (SSSR count). The van der Waals surface area contributed by atoms with Gasteiger partial charge in [0.25, 0.3) is 5.91 Å². The second-order valence-corrected chi connectivity index (χ2v) is 2.94. The first-order valence-corrected chi connectivity index (χ1v) is 4.02. The molecule has 0 unspecified atom stereocenters. The van der Waals surface area contributed by atoms with Gasteiger partial charge in [0.1, 0.15) is 0 Å². The molecular formula is C9H10N4O. The van der Waals surface area contributed by atoms with Crippen LogP contribution in [0.15, 0.2) is 29.4 Å². The molecule has 0 aliphatic rings. The average Bonchev–Trinajstić information content (AvgIpc) is 2.18. The molecule has 0 atom stereocenters. The molecule has 0 fully saturated rings. The highest BCUT2D eigenvalue weighted by atomic mass is 16.2. The Hall–Kier alpha value is -2.00. The highest BCUT2D eigenvalue weighted by Crippen LogP contribution is 2.13. The fourth-order valence-corrected chi connectivity index (χ4v) is 0.981. The lowest BCUT2D eigenvalue weighted by atomic mass is 10.2. The number of hydrogen-bond acceptors (Lipinski definition) is 2. The Morgan fingerprint density at radius 3 is 2.36 bits per heavy atom. The zero-order chi connectivity index (χ0) is 10.6. The maximum atomic E-state index is 11.4. The molecule has 0 N–H and O–H groups in total. The Balaban J connectivity index is 2.93. The number of hydrogen-bond donors (Lipinski definition) is 0. The molecule has 0 radical (unpaired) electrons. The quantitative estimate of drug-likeness (QED) is 0.401. The molecule has 14 heavy (non-hydrogen) atoms. The third-order valence-corrected chi connectivity index (χ3v) is 1.68. The van der Waals surface area contributed by atoms with Crippen LogP contribution in [0.25, 0.3) is 10.4 Å². The maximum absolute atomic E-state index is 11.4. The van der Waals surface area contributed by atoms with Gasteiger partial charge in [0, 0.05) is 30.3 Å². The van der Waals surface area contributed by atoms with Crippen molar-refractivity contribution in [2.24, 2.45) is 5.11 Å². The third-order valence-electron chi connectivity index (χ3n) is 1.68. The summed E-state index contributed by atoms with van der Waals surface area (Å²) in [4.78, 5) is 15.6. The van der Waals surface area contributed by atoms with Crippen LogP contribution in [0.5, 0.6) is 0 Å². The number of nitrogens with zero attached hydrogens (tertiary/aromatic N) is 4. The zero-order valence-electron chi connectivity index (χ0n) is 8.01. The summed E-state index contributed by atoms with van der Waals surface area (Å²) in [5.74, 6) is -0.0718. The van der Waals surface area contributed by atoms with E-state index in [-0.39, 0.29) is 5.91 Å². The summed E-state index contributed by atoms with van der Waals surface area (Å²) in [6.45, 7) is 0. The molecule has 0 aliphatic carbocycles. The molecule has 5 heteroatoms. The molecule has 0 aromatic heterocycles. The minimum Gasteiger partial charge on any atom is -0.345 e. The fraction of sp³-hybridized carbons (Fsp3) is 0.222. The first-order chi connectivity index (χ1) is 6.65. The van der Waals surface area contributed by atoms with E-state index in [0.29, 0.717) is 11.3 Å². The topological polar surface area (TPSA) is 69.1 Å². The van der Waals surface area contributed by atoms with Gasteiger partial charge in [0.15, 0.2) is 0 Å². The first kappa shape index (κ1) is 10.1. The van der Waals surface area contributed by atoms with Crippen LogP contribution in [0.2, 0.25) is 0 Å². The lowest BCUT2D eigenvalue weighted by Crippen LogP contribution is -2.21. The van der Waals surface area contributed by atoms with E-state index in [4.69, 9.17) is 5.53 Å². The number of benzene rings is 1. The second kappa shape index (κ2) is 4.30. The average molecular weight is 190 g/mol. The highest BCUT2D eigenvalue weighted by Gasteiger charge is 2.06. The van der Waals surface area contributed by atoms with Gasteiger partial charge < -0.3 is 4.90 Å². The van der Waals surface area contributed by atoms with Gasteiger partial charge in [0.05, 0.1) is 0 Å². The summed E-state index contributed by atoms with van der Waals surface area (Å²) >= 11 is 0. The lowest BCUT2D eigenvalue weighted by molar-refractivity contribution is 0.0827. The summed E-state index contributed by atoms with van der Waals surface area (Å²) in [5.41, 5.74) is 9.25. The van der Waals surface area contributed by atoms with E-state index in [2.05, 4.69) is 10.0 Å². The van der Waals surface area contributed by atoms with Gasteiger partial charge in [0.2, 0.25) is 0 Å². The van der Waals surface area contributed by atoms with Crippen molar-refractivity contribution in [3.05, 3.63) is 40.3 Å². The van der Waals surface area contributed by atoms with E-state index in [1.807, 2.05) is 0 Å². The molecule has 0 spiro atoms. The molecule has 1 amide bonds. The van der Waals surface area contributed by atoms with E-state index >= 15 is 0 Å². The molecule has 72 valence electrons. The predicted octanol–water partition coefficient (Wildman–Crippen LogP) is 2.33. The maximum Gasteiger partial charge on any atom is 0.253 e. The Labute approximate surface area is 81.6 Å². The Morgan fingerprint density at radius 2 is 1.93 bits per heavy atom. The molecule has 0 saturated carbocycles. The van der Waals surface area contributed by atoms with Crippen molar-refractivity contribution < 1.29 is 4.79 Å². The summed E-state index contributed by atoms with van der Waals surface area (Å²) < 4.78 is 0. The second-order valence-electron chi connectivity index (χ2n) is 2.94. The molecular weight excluding hydrogens is 180 g/mol. The number of carbonyl (C=O) groups excluding carboxylic acids is 1. The van der Waals surface area contributed by atoms with E-state index in [0.717, 1.165) is 0 Å². The highest BCUT2D eigenvalue weighted by molar-refractivity contribution is 5.94. The lowest BCUT2D eigenvalue weighted by Gasteiger charge is -2.09. The van der Waals surface area contributed by atoms with Crippen molar-refractivity contribution in [1.82, 2.24) is 4.90 Å². The summed E-state index contributed by atoms with van der Waals surface area (Å²) in [7, 11) is 3.37. The van der Waals surface area contributed by atoms with Gasteiger partial charge in [-0.05, 0) is 17.7 Å². The summed E-state index contributed by atoms with van der Waals surface area (Å²) in [5, 5.41) is 3.41. The van der Waals surface area contributed by atoms with Gasteiger partial charge in [-0.25, -0.2) is 0 Å². The van der Waals surface area contributed by atoms with E-state index in [1.165, 1.54) is 4.90 Å². The molecule has 0 heterocycles. The molecule has 0 saturated heterocycles. The molecule has 1 aromatic carbocycles. The largest absolute Gasteiger partial charge is 0.345 e. The van der Waals surface area contributed by atoms with Gasteiger partial charge in [-0.15, -0.1) is 0 Å². The van der Waals surface area contributed by atoms with Gasteiger partial charge in [-0.3, -0.25) is 4.79 Å². The van der Waals surface area contributed by atoms with Crippen LogP contribution in [-0.4, -0.2) is 24.9 Å². The Kier molecular flexibility index (Phi) is 3.09. The minimum absolute atomic E-state index is 0.0718. The van der Waals surface area contributed by atoms with Crippen molar-refractivity contribution in [1.29, 1.82) is 0 Å². The van der Waals surface area contributed by atoms with Crippen molar-refractivity contribution in [2.45, 2.75) is 0 Å².